The Balaban J connectivity index is 1.61. The van der Waals surface area contributed by atoms with Gasteiger partial charge >= 0.3 is 0 Å². The second kappa shape index (κ2) is 6.81. The van der Waals surface area contributed by atoms with Crippen LogP contribution in [-0.4, -0.2) is 25.3 Å². The van der Waals surface area contributed by atoms with Gasteiger partial charge in [0.15, 0.2) is 11.6 Å². The van der Waals surface area contributed by atoms with Crippen LogP contribution in [0.25, 0.3) is 11.3 Å². The largest absolute Gasteiger partial charge is 0.363 e. The van der Waals surface area contributed by atoms with Gasteiger partial charge in [-0.3, -0.25) is 0 Å². The van der Waals surface area contributed by atoms with Gasteiger partial charge in [-0.2, -0.15) is 0 Å². The summed E-state index contributed by atoms with van der Waals surface area (Å²) in [6, 6.07) is 10.1. The SMILES string of the molecule is C[C@@H](Nc1nc2nonc2nc1NCc1ccccc1)c1nccs1. The minimum Gasteiger partial charge on any atom is -0.363 e. The molecule has 0 unspecified atom stereocenters. The van der Waals surface area contributed by atoms with E-state index in [1.165, 1.54) is 0 Å². The molecule has 0 saturated carbocycles. The number of rotatable bonds is 6. The second-order valence-electron chi connectivity index (χ2n) is 5.41. The molecule has 1 atom stereocenters. The number of anilines is 2. The lowest BCUT2D eigenvalue weighted by Crippen LogP contribution is -2.12. The zero-order valence-electron chi connectivity index (χ0n) is 13.4. The molecule has 0 aliphatic carbocycles. The quantitative estimate of drug-likeness (QED) is 0.545. The molecule has 126 valence electrons. The van der Waals surface area contributed by atoms with Gasteiger partial charge in [-0.25, -0.2) is 19.6 Å². The Hall–Kier alpha value is -3.07. The van der Waals surface area contributed by atoms with Crippen LogP contribution in [-0.2, 0) is 6.54 Å². The van der Waals surface area contributed by atoms with Gasteiger partial charge in [-0.05, 0) is 22.8 Å². The fourth-order valence-electron chi connectivity index (χ4n) is 2.36. The summed E-state index contributed by atoms with van der Waals surface area (Å²) in [5.74, 6) is 1.18. The third kappa shape index (κ3) is 3.41. The van der Waals surface area contributed by atoms with E-state index in [0.29, 0.717) is 29.5 Å². The van der Waals surface area contributed by atoms with E-state index in [4.69, 9.17) is 4.63 Å². The fraction of sp³-hybridized carbons (Fsp3) is 0.188. The average Bonchev–Trinajstić information content (AvgIpc) is 3.32. The topological polar surface area (TPSA) is 102 Å². The molecule has 1 aromatic carbocycles. The van der Waals surface area contributed by atoms with Gasteiger partial charge in [-0.1, -0.05) is 30.3 Å². The molecule has 0 spiro atoms. The summed E-state index contributed by atoms with van der Waals surface area (Å²) >= 11 is 1.58. The van der Waals surface area contributed by atoms with Crippen molar-refractivity contribution in [3.05, 3.63) is 52.5 Å². The van der Waals surface area contributed by atoms with Crippen LogP contribution in [0.2, 0.25) is 0 Å². The number of hydrogen-bond donors (Lipinski definition) is 2. The van der Waals surface area contributed by atoms with E-state index < -0.39 is 0 Å². The monoisotopic (exact) mass is 353 g/mol. The summed E-state index contributed by atoms with van der Waals surface area (Å²) in [4.78, 5) is 13.3. The molecule has 0 aliphatic rings. The van der Waals surface area contributed by atoms with E-state index in [1.54, 1.807) is 17.5 Å². The normalized spacial score (nSPS) is 12.2. The van der Waals surface area contributed by atoms with Crippen LogP contribution in [0, 0.1) is 0 Å². The van der Waals surface area contributed by atoms with Crippen molar-refractivity contribution in [1.29, 1.82) is 0 Å². The molecule has 4 rings (SSSR count). The Bertz CT molecular complexity index is 955. The van der Waals surface area contributed by atoms with Gasteiger partial charge in [-0.15, -0.1) is 11.3 Å². The van der Waals surface area contributed by atoms with E-state index in [1.807, 2.05) is 42.6 Å². The maximum Gasteiger partial charge on any atom is 0.245 e. The first-order valence-corrected chi connectivity index (χ1v) is 8.61. The third-order valence-corrected chi connectivity index (χ3v) is 4.55. The second-order valence-corrected chi connectivity index (χ2v) is 6.33. The number of nitrogens with one attached hydrogen (secondary N) is 2. The molecule has 0 amide bonds. The van der Waals surface area contributed by atoms with Gasteiger partial charge in [0.05, 0.1) is 6.04 Å². The number of fused-ring (bicyclic) bond motifs is 1. The van der Waals surface area contributed by atoms with Crippen molar-refractivity contribution < 1.29 is 4.63 Å². The molecule has 8 nitrogen and oxygen atoms in total. The van der Waals surface area contributed by atoms with Gasteiger partial charge in [0, 0.05) is 18.1 Å². The number of aromatic nitrogens is 5. The van der Waals surface area contributed by atoms with Crippen LogP contribution in [0.15, 0.2) is 46.5 Å². The highest BCUT2D eigenvalue weighted by molar-refractivity contribution is 7.09. The molecule has 0 fully saturated rings. The van der Waals surface area contributed by atoms with E-state index in [0.717, 1.165) is 10.6 Å². The summed E-state index contributed by atoms with van der Waals surface area (Å²) in [7, 11) is 0. The molecule has 9 heteroatoms. The summed E-state index contributed by atoms with van der Waals surface area (Å²) in [6.07, 6.45) is 1.78. The molecule has 25 heavy (non-hydrogen) atoms. The lowest BCUT2D eigenvalue weighted by atomic mass is 10.2. The molecular weight excluding hydrogens is 338 g/mol. The molecule has 3 heterocycles. The molecule has 0 aliphatic heterocycles. The van der Waals surface area contributed by atoms with Crippen molar-refractivity contribution in [2.75, 3.05) is 10.6 Å². The lowest BCUT2D eigenvalue weighted by molar-refractivity contribution is 0.314. The fourth-order valence-corrected chi connectivity index (χ4v) is 3.00. The minimum atomic E-state index is -0.0103. The Morgan fingerprint density at radius 1 is 1.08 bits per heavy atom. The molecule has 0 saturated heterocycles. The number of hydrogen-bond acceptors (Lipinski definition) is 9. The van der Waals surface area contributed by atoms with Crippen molar-refractivity contribution in [2.24, 2.45) is 0 Å². The highest BCUT2D eigenvalue weighted by Gasteiger charge is 2.16. The van der Waals surface area contributed by atoms with Gasteiger partial charge in [0.25, 0.3) is 0 Å². The minimum absolute atomic E-state index is 0.0103. The summed E-state index contributed by atoms with van der Waals surface area (Å²) < 4.78 is 4.72. The van der Waals surface area contributed by atoms with Crippen molar-refractivity contribution in [2.45, 2.75) is 19.5 Å². The Labute approximate surface area is 147 Å². The van der Waals surface area contributed by atoms with Crippen LogP contribution >= 0.6 is 11.3 Å². The van der Waals surface area contributed by atoms with Crippen LogP contribution < -0.4 is 10.6 Å². The average molecular weight is 353 g/mol. The van der Waals surface area contributed by atoms with Crippen LogP contribution in [0.4, 0.5) is 11.6 Å². The number of nitrogens with zero attached hydrogens (tertiary/aromatic N) is 5. The van der Waals surface area contributed by atoms with E-state index in [2.05, 4.69) is 35.9 Å². The van der Waals surface area contributed by atoms with Crippen molar-refractivity contribution in [1.82, 2.24) is 25.3 Å². The summed E-state index contributed by atoms with van der Waals surface area (Å²) in [5, 5.41) is 17.1. The van der Waals surface area contributed by atoms with E-state index in [-0.39, 0.29) is 6.04 Å². The first-order valence-electron chi connectivity index (χ1n) is 7.73. The van der Waals surface area contributed by atoms with Crippen LogP contribution in [0.3, 0.4) is 0 Å². The summed E-state index contributed by atoms with van der Waals surface area (Å²) in [5.41, 5.74) is 1.86. The maximum atomic E-state index is 4.72. The molecule has 3 aromatic heterocycles. The highest BCUT2D eigenvalue weighted by atomic mass is 32.1. The highest BCUT2D eigenvalue weighted by Crippen LogP contribution is 2.26. The molecular formula is C16H15N7OS. The predicted octanol–water partition coefficient (Wildman–Crippen LogP) is 3.25. The van der Waals surface area contributed by atoms with Crippen molar-refractivity contribution >= 4 is 34.3 Å². The van der Waals surface area contributed by atoms with Crippen LogP contribution in [0.5, 0.6) is 0 Å². The van der Waals surface area contributed by atoms with Crippen LogP contribution in [0.1, 0.15) is 23.5 Å². The predicted molar refractivity (Wildman–Crippen MR) is 95.3 cm³/mol. The molecule has 0 radical (unpaired) electrons. The lowest BCUT2D eigenvalue weighted by Gasteiger charge is -2.15. The van der Waals surface area contributed by atoms with Gasteiger partial charge < -0.3 is 10.6 Å². The van der Waals surface area contributed by atoms with Crippen molar-refractivity contribution in [3.8, 4) is 0 Å². The molecule has 2 N–H and O–H groups in total. The first kappa shape index (κ1) is 15.5. The Kier molecular flexibility index (Phi) is 4.21. The number of thiazole rings is 1. The van der Waals surface area contributed by atoms with Gasteiger partial charge in [0.2, 0.25) is 11.3 Å². The van der Waals surface area contributed by atoms with E-state index >= 15 is 0 Å². The zero-order valence-corrected chi connectivity index (χ0v) is 14.2. The smallest absolute Gasteiger partial charge is 0.245 e. The Morgan fingerprint density at radius 2 is 1.84 bits per heavy atom. The third-order valence-electron chi connectivity index (χ3n) is 3.59. The zero-order chi connectivity index (χ0) is 17.1. The van der Waals surface area contributed by atoms with E-state index in [9.17, 15) is 0 Å². The maximum absolute atomic E-state index is 4.72. The molecule has 4 aromatic rings. The van der Waals surface area contributed by atoms with Gasteiger partial charge in [0.1, 0.15) is 5.01 Å². The Morgan fingerprint density at radius 3 is 2.56 bits per heavy atom. The number of benzene rings is 1. The van der Waals surface area contributed by atoms with Crippen molar-refractivity contribution in [3.63, 3.8) is 0 Å². The molecule has 0 bridgehead atoms. The first-order chi connectivity index (χ1) is 12.3. The standard InChI is InChI=1S/C16H15N7OS/c1-10(16-17-7-8-25-16)19-13-12(18-9-11-5-3-2-4-6-11)20-14-15(21-13)23-24-22-14/h2-8,10H,9H2,1H3,(H,18,20,22)(H,19,21,23)/t10-/m1/s1. The summed E-state index contributed by atoms with van der Waals surface area (Å²) in [6.45, 7) is 2.64.